The van der Waals surface area contributed by atoms with Crippen LogP contribution < -0.4 is 5.32 Å². The summed E-state index contributed by atoms with van der Waals surface area (Å²) in [7, 11) is 0. The predicted octanol–water partition coefficient (Wildman–Crippen LogP) is 3.80. The number of rotatable bonds is 5. The van der Waals surface area contributed by atoms with Gasteiger partial charge in [0.2, 0.25) is 0 Å². The lowest BCUT2D eigenvalue weighted by molar-refractivity contribution is -0.133. The number of ether oxygens (including phenoxy) is 2. The van der Waals surface area contributed by atoms with Gasteiger partial charge in [-0.25, -0.2) is 4.79 Å². The van der Waals surface area contributed by atoms with Gasteiger partial charge < -0.3 is 19.7 Å². The van der Waals surface area contributed by atoms with Crippen LogP contribution in [0.4, 0.5) is 4.79 Å². The molecule has 0 aliphatic carbocycles. The van der Waals surface area contributed by atoms with Crippen molar-refractivity contribution in [2.45, 2.75) is 51.4 Å². The highest BCUT2D eigenvalue weighted by Gasteiger charge is 2.31. The monoisotopic (exact) mass is 474 g/mol. The quantitative estimate of drug-likeness (QED) is 0.705. The van der Waals surface area contributed by atoms with Crippen molar-refractivity contribution >= 4 is 12.0 Å². The minimum Gasteiger partial charge on any atom is -0.444 e. The SMILES string of the molecule is CC(C)(C)OC(=O)N1CCCOC(C(=O)N[C@H](C#N)Cc2ccc(-c3ccc(C#N)cc3)cc2)C1. The van der Waals surface area contributed by atoms with E-state index in [4.69, 9.17) is 14.7 Å². The molecule has 0 aromatic heterocycles. The Morgan fingerprint density at radius 2 is 1.74 bits per heavy atom. The predicted molar refractivity (Wildman–Crippen MR) is 130 cm³/mol. The van der Waals surface area contributed by atoms with Crippen LogP contribution in [-0.2, 0) is 20.7 Å². The lowest BCUT2D eigenvalue weighted by atomic mass is 10.00. The standard InChI is InChI=1S/C27H30N4O4/c1-27(2,3)35-26(33)31-13-4-14-34-24(18-31)25(32)30-23(17-29)15-19-5-9-21(10-6-19)22-11-7-20(16-28)8-12-22/h5-12,23-24H,4,13-15,18H2,1-3H3,(H,30,32)/t23-,24?/m0/s1. The molecule has 1 saturated heterocycles. The lowest BCUT2D eigenvalue weighted by Gasteiger charge is -2.27. The minimum atomic E-state index is -0.875. The van der Waals surface area contributed by atoms with Crippen molar-refractivity contribution in [1.82, 2.24) is 10.2 Å². The van der Waals surface area contributed by atoms with E-state index in [2.05, 4.69) is 17.5 Å². The first-order valence-electron chi connectivity index (χ1n) is 11.6. The van der Waals surface area contributed by atoms with E-state index in [1.807, 2.05) is 36.4 Å². The third kappa shape index (κ3) is 7.56. The van der Waals surface area contributed by atoms with Gasteiger partial charge in [-0.2, -0.15) is 10.5 Å². The van der Waals surface area contributed by atoms with Crippen LogP contribution in [0.3, 0.4) is 0 Å². The molecular weight excluding hydrogens is 444 g/mol. The Morgan fingerprint density at radius 3 is 2.31 bits per heavy atom. The fourth-order valence-corrected chi connectivity index (χ4v) is 3.68. The molecule has 0 bridgehead atoms. The summed E-state index contributed by atoms with van der Waals surface area (Å²) in [5.74, 6) is -0.429. The molecule has 8 heteroatoms. The van der Waals surface area contributed by atoms with Crippen molar-refractivity contribution in [1.29, 1.82) is 10.5 Å². The van der Waals surface area contributed by atoms with Crippen LogP contribution in [0, 0.1) is 22.7 Å². The molecule has 2 aromatic rings. The maximum atomic E-state index is 12.9. The van der Waals surface area contributed by atoms with Crippen molar-refractivity contribution < 1.29 is 19.1 Å². The van der Waals surface area contributed by atoms with E-state index in [0.717, 1.165) is 16.7 Å². The zero-order valence-electron chi connectivity index (χ0n) is 20.3. The molecule has 1 aliphatic heterocycles. The van der Waals surface area contributed by atoms with E-state index < -0.39 is 29.7 Å². The number of amides is 2. The van der Waals surface area contributed by atoms with Crippen LogP contribution in [0.2, 0.25) is 0 Å². The van der Waals surface area contributed by atoms with Crippen LogP contribution >= 0.6 is 0 Å². The Hall–Kier alpha value is -3.88. The third-order valence-electron chi connectivity index (χ3n) is 5.44. The van der Waals surface area contributed by atoms with Crippen LogP contribution in [0.1, 0.15) is 38.3 Å². The van der Waals surface area contributed by atoms with Gasteiger partial charge in [0.15, 0.2) is 6.10 Å². The van der Waals surface area contributed by atoms with Gasteiger partial charge in [0, 0.05) is 19.6 Å². The number of benzene rings is 2. The minimum absolute atomic E-state index is 0.0676. The average molecular weight is 475 g/mol. The molecule has 1 unspecified atom stereocenters. The molecule has 1 heterocycles. The fourth-order valence-electron chi connectivity index (χ4n) is 3.68. The summed E-state index contributed by atoms with van der Waals surface area (Å²) in [5.41, 5.74) is 2.84. The van der Waals surface area contributed by atoms with E-state index >= 15 is 0 Å². The highest BCUT2D eigenvalue weighted by Crippen LogP contribution is 2.21. The topological polar surface area (TPSA) is 115 Å². The largest absolute Gasteiger partial charge is 0.444 e. The van der Waals surface area contributed by atoms with Crippen molar-refractivity contribution in [2.24, 2.45) is 0 Å². The van der Waals surface area contributed by atoms with Crippen molar-refractivity contribution in [2.75, 3.05) is 19.7 Å². The highest BCUT2D eigenvalue weighted by molar-refractivity contribution is 5.82. The summed E-state index contributed by atoms with van der Waals surface area (Å²) >= 11 is 0. The van der Waals surface area contributed by atoms with E-state index in [9.17, 15) is 14.9 Å². The molecule has 182 valence electrons. The molecule has 1 fully saturated rings. The molecule has 0 radical (unpaired) electrons. The molecular formula is C27H30N4O4. The first kappa shape index (κ1) is 25.7. The summed E-state index contributed by atoms with van der Waals surface area (Å²) in [6.07, 6.45) is -0.436. The maximum absolute atomic E-state index is 12.9. The Labute approximate surface area is 206 Å². The second-order valence-corrected chi connectivity index (χ2v) is 9.42. The average Bonchev–Trinajstić information content (AvgIpc) is 3.10. The van der Waals surface area contributed by atoms with Crippen molar-refractivity contribution in [3.63, 3.8) is 0 Å². The normalized spacial score (nSPS) is 16.8. The first-order chi connectivity index (χ1) is 16.7. The van der Waals surface area contributed by atoms with Crippen LogP contribution in [0.5, 0.6) is 0 Å². The number of nitrogens with one attached hydrogen (secondary N) is 1. The Morgan fingerprint density at radius 1 is 1.11 bits per heavy atom. The molecule has 2 aromatic carbocycles. The molecule has 0 spiro atoms. The molecule has 1 aliphatic rings. The molecule has 35 heavy (non-hydrogen) atoms. The van der Waals surface area contributed by atoms with Crippen LogP contribution in [-0.4, -0.2) is 54.3 Å². The zero-order valence-corrected chi connectivity index (χ0v) is 20.3. The summed E-state index contributed by atoms with van der Waals surface area (Å²) in [6.45, 7) is 6.21. The smallest absolute Gasteiger partial charge is 0.410 e. The zero-order chi connectivity index (χ0) is 25.4. The Kier molecular flexibility index (Phi) is 8.46. The molecule has 3 rings (SSSR count). The Balaban J connectivity index is 1.60. The lowest BCUT2D eigenvalue weighted by Crippen LogP contribution is -2.48. The number of carbonyl (C=O) groups is 2. The number of hydrogen-bond donors (Lipinski definition) is 1. The molecule has 1 N–H and O–H groups in total. The van der Waals surface area contributed by atoms with E-state index in [0.29, 0.717) is 31.6 Å². The van der Waals surface area contributed by atoms with Gasteiger partial charge >= 0.3 is 6.09 Å². The van der Waals surface area contributed by atoms with Gasteiger partial charge in [-0.15, -0.1) is 0 Å². The summed E-state index contributed by atoms with van der Waals surface area (Å²) < 4.78 is 11.1. The summed E-state index contributed by atoms with van der Waals surface area (Å²) in [5, 5.41) is 21.3. The Bertz CT molecular complexity index is 1110. The summed E-state index contributed by atoms with van der Waals surface area (Å²) in [6, 6.07) is 18.5. The van der Waals surface area contributed by atoms with E-state index in [-0.39, 0.29) is 6.54 Å². The van der Waals surface area contributed by atoms with E-state index in [1.54, 1.807) is 32.9 Å². The van der Waals surface area contributed by atoms with Gasteiger partial charge in [-0.05, 0) is 56.0 Å². The van der Waals surface area contributed by atoms with Gasteiger partial charge in [0.1, 0.15) is 11.6 Å². The van der Waals surface area contributed by atoms with Gasteiger partial charge in [-0.3, -0.25) is 4.79 Å². The highest BCUT2D eigenvalue weighted by atomic mass is 16.6. The molecule has 8 nitrogen and oxygen atoms in total. The maximum Gasteiger partial charge on any atom is 0.410 e. The number of carbonyl (C=O) groups excluding carboxylic acids is 2. The molecule has 2 atom stereocenters. The molecule has 2 amide bonds. The third-order valence-corrected chi connectivity index (χ3v) is 5.44. The van der Waals surface area contributed by atoms with Crippen molar-refractivity contribution in [3.05, 3.63) is 59.7 Å². The second kappa shape index (κ2) is 11.5. The van der Waals surface area contributed by atoms with Gasteiger partial charge in [0.25, 0.3) is 5.91 Å². The summed E-state index contributed by atoms with van der Waals surface area (Å²) in [4.78, 5) is 26.8. The van der Waals surface area contributed by atoms with Crippen molar-refractivity contribution in [3.8, 4) is 23.3 Å². The number of nitrogens with zero attached hydrogens (tertiary/aromatic N) is 3. The second-order valence-electron chi connectivity index (χ2n) is 9.42. The first-order valence-corrected chi connectivity index (χ1v) is 11.6. The van der Waals surface area contributed by atoms with Gasteiger partial charge in [0.05, 0.1) is 24.2 Å². The fraction of sp³-hybridized carbons (Fsp3) is 0.407. The van der Waals surface area contributed by atoms with Crippen LogP contribution in [0.15, 0.2) is 48.5 Å². The van der Waals surface area contributed by atoms with Gasteiger partial charge in [-0.1, -0.05) is 36.4 Å². The van der Waals surface area contributed by atoms with Crippen LogP contribution in [0.25, 0.3) is 11.1 Å². The number of nitriles is 2. The molecule has 0 saturated carbocycles. The number of hydrogen-bond acceptors (Lipinski definition) is 6. The van der Waals surface area contributed by atoms with E-state index in [1.165, 1.54) is 4.90 Å².